The Hall–Kier alpha value is -2.63. The monoisotopic (exact) mass is 403 g/mol. The molecule has 1 aliphatic rings. The fourth-order valence-corrected chi connectivity index (χ4v) is 4.70. The zero-order chi connectivity index (χ0) is 20.2. The lowest BCUT2D eigenvalue weighted by Gasteiger charge is -2.21. The fourth-order valence-electron chi connectivity index (χ4n) is 3.46. The van der Waals surface area contributed by atoms with Crippen LogP contribution < -0.4 is 5.32 Å². The normalized spacial score (nSPS) is 16.4. The van der Waals surface area contributed by atoms with Crippen LogP contribution in [0, 0.1) is 12.8 Å². The Morgan fingerprint density at radius 1 is 1.10 bits per heavy atom. The van der Waals surface area contributed by atoms with Gasteiger partial charge < -0.3 is 10.4 Å². The minimum absolute atomic E-state index is 0.0491. The van der Waals surface area contributed by atoms with Crippen LogP contribution in [0.2, 0.25) is 0 Å². The van der Waals surface area contributed by atoms with Crippen molar-refractivity contribution in [2.75, 3.05) is 11.9 Å². The molecule has 0 saturated heterocycles. The molecule has 1 unspecified atom stereocenters. The Labute approximate surface area is 175 Å². The van der Waals surface area contributed by atoms with Crippen LogP contribution in [0.1, 0.15) is 24.6 Å². The summed E-state index contributed by atoms with van der Waals surface area (Å²) in [6.45, 7) is 4.97. The van der Waals surface area contributed by atoms with E-state index >= 15 is 0 Å². The van der Waals surface area contributed by atoms with Gasteiger partial charge in [0, 0.05) is 21.7 Å². The first-order valence-electron chi connectivity index (χ1n) is 9.89. The van der Waals surface area contributed by atoms with Crippen LogP contribution in [0.25, 0.3) is 10.9 Å². The lowest BCUT2D eigenvalue weighted by Crippen LogP contribution is -2.12. The topological polar surface area (TPSA) is 58.0 Å². The lowest BCUT2D eigenvalue weighted by molar-refractivity contribution is 0.279. The average Bonchev–Trinajstić information content (AvgIpc) is 2.74. The van der Waals surface area contributed by atoms with Crippen molar-refractivity contribution in [3.05, 3.63) is 82.4 Å². The number of aliphatic hydroxyl groups excluding tert-OH is 1. The van der Waals surface area contributed by atoms with Gasteiger partial charge in [0.25, 0.3) is 0 Å². The molecule has 2 N–H and O–H groups in total. The quantitative estimate of drug-likeness (QED) is 0.570. The molecule has 0 radical (unpaired) electrons. The predicted octanol–water partition coefficient (Wildman–Crippen LogP) is 5.48. The summed E-state index contributed by atoms with van der Waals surface area (Å²) in [4.78, 5) is 11.6. The van der Waals surface area contributed by atoms with Crippen molar-refractivity contribution in [1.29, 1.82) is 0 Å². The van der Waals surface area contributed by atoms with Gasteiger partial charge in [0.1, 0.15) is 0 Å². The van der Waals surface area contributed by atoms with Crippen LogP contribution in [0.4, 0.5) is 5.95 Å². The lowest BCUT2D eigenvalue weighted by atomic mass is 9.98. The molecular formula is C24H25N3OS. The molecule has 0 bridgehead atoms. The van der Waals surface area contributed by atoms with Crippen molar-refractivity contribution in [2.24, 2.45) is 5.92 Å². The number of hydrogen-bond donors (Lipinski definition) is 2. The van der Waals surface area contributed by atoms with Gasteiger partial charge in [-0.05, 0) is 42.5 Å². The van der Waals surface area contributed by atoms with E-state index in [2.05, 4.69) is 46.5 Å². The van der Waals surface area contributed by atoms with Crippen molar-refractivity contribution in [1.82, 2.24) is 9.97 Å². The number of hydrogen-bond acceptors (Lipinski definition) is 5. The number of nitrogens with one attached hydrogen (secondary N) is 1. The SMILES string of the molecule is Cc1nc(NCC2=CCC(C)C=C2Sc2ccccc2CO)nc2ccccc12. The van der Waals surface area contributed by atoms with Gasteiger partial charge in [0.05, 0.1) is 17.8 Å². The molecular weight excluding hydrogens is 378 g/mol. The first-order valence-corrected chi connectivity index (χ1v) is 10.7. The molecule has 2 aromatic carbocycles. The molecule has 0 amide bonds. The second-order valence-corrected chi connectivity index (χ2v) is 8.43. The molecule has 0 fully saturated rings. The number of allylic oxidation sites excluding steroid dienone is 2. The Morgan fingerprint density at radius 2 is 1.90 bits per heavy atom. The van der Waals surface area contributed by atoms with E-state index in [4.69, 9.17) is 0 Å². The standard InChI is InChI=1S/C24H25N3OS/c1-16-11-12-18(23(13-16)29-22-10-6-3-7-19(22)15-28)14-25-24-26-17(2)20-8-4-5-9-21(20)27-24/h3-10,12-13,16,28H,11,14-15H2,1-2H3,(H,25,26,27). The molecule has 1 heterocycles. The summed E-state index contributed by atoms with van der Waals surface area (Å²) >= 11 is 1.72. The number of nitrogens with zero attached hydrogens (tertiary/aromatic N) is 2. The summed E-state index contributed by atoms with van der Waals surface area (Å²) in [6, 6.07) is 16.1. The first kappa shape index (κ1) is 19.7. The summed E-state index contributed by atoms with van der Waals surface area (Å²) in [5.41, 5.74) is 4.13. The highest BCUT2D eigenvalue weighted by Crippen LogP contribution is 2.37. The second kappa shape index (κ2) is 8.80. The molecule has 1 aromatic heterocycles. The number of rotatable bonds is 6. The van der Waals surface area contributed by atoms with Crippen molar-refractivity contribution >= 4 is 28.6 Å². The number of benzene rings is 2. The number of fused-ring (bicyclic) bond motifs is 1. The Bertz CT molecular complexity index is 1090. The summed E-state index contributed by atoms with van der Waals surface area (Å²) in [5, 5.41) is 14.2. The summed E-state index contributed by atoms with van der Waals surface area (Å²) in [5.74, 6) is 1.16. The molecule has 148 valence electrons. The highest BCUT2D eigenvalue weighted by Gasteiger charge is 2.16. The van der Waals surface area contributed by atoms with Crippen molar-refractivity contribution in [3.8, 4) is 0 Å². The number of anilines is 1. The van der Waals surface area contributed by atoms with Gasteiger partial charge in [-0.1, -0.05) is 67.2 Å². The van der Waals surface area contributed by atoms with E-state index in [0.29, 0.717) is 18.4 Å². The summed E-state index contributed by atoms with van der Waals surface area (Å²) in [6.07, 6.45) is 5.65. The highest BCUT2D eigenvalue weighted by molar-refractivity contribution is 8.03. The highest BCUT2D eigenvalue weighted by atomic mass is 32.2. The molecule has 4 rings (SSSR count). The van der Waals surface area contributed by atoms with Crippen LogP contribution in [0.15, 0.2) is 76.1 Å². The minimum atomic E-state index is 0.0491. The maximum atomic E-state index is 9.65. The van der Waals surface area contributed by atoms with Crippen LogP contribution in [-0.4, -0.2) is 21.6 Å². The molecule has 0 spiro atoms. The largest absolute Gasteiger partial charge is 0.392 e. The smallest absolute Gasteiger partial charge is 0.223 e. The molecule has 0 aliphatic heterocycles. The van der Waals surface area contributed by atoms with Gasteiger partial charge in [-0.15, -0.1) is 0 Å². The van der Waals surface area contributed by atoms with Crippen LogP contribution >= 0.6 is 11.8 Å². The molecule has 1 aliphatic carbocycles. The molecule has 5 heteroatoms. The van der Waals surface area contributed by atoms with Crippen LogP contribution in [0.3, 0.4) is 0 Å². The van der Waals surface area contributed by atoms with Crippen molar-refractivity contribution < 1.29 is 5.11 Å². The van der Waals surface area contributed by atoms with E-state index in [9.17, 15) is 5.11 Å². The first-order chi connectivity index (χ1) is 14.1. The summed E-state index contributed by atoms with van der Waals surface area (Å²) < 4.78 is 0. The van der Waals surface area contributed by atoms with E-state index in [-0.39, 0.29) is 6.61 Å². The van der Waals surface area contributed by atoms with Crippen molar-refractivity contribution in [3.63, 3.8) is 0 Å². The van der Waals surface area contributed by atoms with Crippen LogP contribution in [0.5, 0.6) is 0 Å². The van der Waals surface area contributed by atoms with Gasteiger partial charge in [-0.2, -0.15) is 0 Å². The second-order valence-electron chi connectivity index (χ2n) is 7.34. The number of aliphatic hydroxyl groups is 1. The molecule has 3 aromatic rings. The van der Waals surface area contributed by atoms with Gasteiger partial charge >= 0.3 is 0 Å². The third-order valence-electron chi connectivity index (χ3n) is 5.08. The number of aromatic nitrogens is 2. The molecule has 0 saturated carbocycles. The number of para-hydroxylation sites is 1. The van der Waals surface area contributed by atoms with E-state index in [1.807, 2.05) is 43.3 Å². The van der Waals surface area contributed by atoms with Crippen LogP contribution in [-0.2, 0) is 6.61 Å². The fraction of sp³-hybridized carbons (Fsp3) is 0.250. The van der Waals surface area contributed by atoms with Gasteiger partial charge in [-0.25, -0.2) is 9.97 Å². The predicted molar refractivity (Wildman–Crippen MR) is 121 cm³/mol. The maximum Gasteiger partial charge on any atom is 0.223 e. The molecule has 4 nitrogen and oxygen atoms in total. The molecule has 1 atom stereocenters. The third-order valence-corrected chi connectivity index (χ3v) is 6.32. The Morgan fingerprint density at radius 3 is 2.76 bits per heavy atom. The molecule has 29 heavy (non-hydrogen) atoms. The number of aryl methyl sites for hydroxylation is 1. The van der Waals surface area contributed by atoms with Crippen molar-refractivity contribution in [2.45, 2.75) is 31.8 Å². The zero-order valence-corrected chi connectivity index (χ0v) is 17.5. The van der Waals surface area contributed by atoms with E-state index in [1.165, 1.54) is 10.5 Å². The van der Waals surface area contributed by atoms with E-state index in [0.717, 1.165) is 33.5 Å². The zero-order valence-electron chi connectivity index (χ0n) is 16.7. The Balaban J connectivity index is 1.53. The maximum absolute atomic E-state index is 9.65. The van der Waals surface area contributed by atoms with E-state index < -0.39 is 0 Å². The third kappa shape index (κ3) is 4.52. The average molecular weight is 404 g/mol. The van der Waals surface area contributed by atoms with E-state index in [1.54, 1.807) is 11.8 Å². The number of thioether (sulfide) groups is 1. The summed E-state index contributed by atoms with van der Waals surface area (Å²) in [7, 11) is 0. The van der Waals surface area contributed by atoms with Gasteiger partial charge in [0.15, 0.2) is 0 Å². The van der Waals surface area contributed by atoms with Gasteiger partial charge in [0.2, 0.25) is 5.95 Å². The van der Waals surface area contributed by atoms with Gasteiger partial charge in [-0.3, -0.25) is 0 Å². The Kier molecular flexibility index (Phi) is 5.97. The minimum Gasteiger partial charge on any atom is -0.392 e.